The number of pyridine rings is 1. The molecule has 0 fully saturated rings. The Balaban J connectivity index is 1.75. The zero-order valence-corrected chi connectivity index (χ0v) is 14.0. The molecule has 26 heavy (non-hydrogen) atoms. The number of para-hydroxylation sites is 1. The second kappa shape index (κ2) is 7.57. The number of rotatable bonds is 4. The van der Waals surface area contributed by atoms with Gasteiger partial charge in [0.1, 0.15) is 11.5 Å². The molecule has 0 saturated heterocycles. The SMILES string of the molecule is Cc1ccccc1NC(=O)c1cc(C(=O)Nc2ccc(F)cc2)ccn1. The molecule has 130 valence electrons. The van der Waals surface area contributed by atoms with E-state index < -0.39 is 11.8 Å². The Hall–Kier alpha value is -3.54. The maximum absolute atomic E-state index is 12.9. The normalized spacial score (nSPS) is 10.2. The minimum atomic E-state index is -0.413. The Morgan fingerprint density at radius 1 is 0.923 bits per heavy atom. The van der Waals surface area contributed by atoms with E-state index in [1.807, 2.05) is 25.1 Å². The molecule has 0 aliphatic heterocycles. The molecule has 2 aromatic carbocycles. The number of nitrogens with zero attached hydrogens (tertiary/aromatic N) is 1. The maximum Gasteiger partial charge on any atom is 0.274 e. The van der Waals surface area contributed by atoms with E-state index in [9.17, 15) is 14.0 Å². The van der Waals surface area contributed by atoms with Crippen LogP contribution in [-0.4, -0.2) is 16.8 Å². The van der Waals surface area contributed by atoms with Crippen LogP contribution in [0.25, 0.3) is 0 Å². The van der Waals surface area contributed by atoms with Crippen LogP contribution >= 0.6 is 0 Å². The summed E-state index contributed by atoms with van der Waals surface area (Å²) >= 11 is 0. The summed E-state index contributed by atoms with van der Waals surface area (Å²) in [7, 11) is 0. The van der Waals surface area contributed by atoms with E-state index in [2.05, 4.69) is 15.6 Å². The van der Waals surface area contributed by atoms with Crippen molar-refractivity contribution < 1.29 is 14.0 Å². The summed E-state index contributed by atoms with van der Waals surface area (Å²) in [6.45, 7) is 1.88. The highest BCUT2D eigenvalue weighted by Crippen LogP contribution is 2.15. The zero-order chi connectivity index (χ0) is 18.5. The first-order valence-electron chi connectivity index (χ1n) is 7.93. The van der Waals surface area contributed by atoms with Gasteiger partial charge >= 0.3 is 0 Å². The predicted octanol–water partition coefficient (Wildman–Crippen LogP) is 4.03. The number of hydrogen-bond donors (Lipinski definition) is 2. The lowest BCUT2D eigenvalue weighted by Crippen LogP contribution is -2.17. The number of amides is 2. The number of benzene rings is 2. The maximum atomic E-state index is 12.9. The van der Waals surface area contributed by atoms with Gasteiger partial charge in [0, 0.05) is 23.1 Å². The van der Waals surface area contributed by atoms with Crippen LogP contribution < -0.4 is 10.6 Å². The molecule has 3 rings (SSSR count). The average Bonchev–Trinajstić information content (AvgIpc) is 2.65. The Morgan fingerprint density at radius 3 is 2.38 bits per heavy atom. The lowest BCUT2D eigenvalue weighted by Gasteiger charge is -2.09. The topological polar surface area (TPSA) is 71.1 Å². The minimum Gasteiger partial charge on any atom is -0.322 e. The number of anilines is 2. The largest absolute Gasteiger partial charge is 0.322 e. The summed E-state index contributed by atoms with van der Waals surface area (Å²) in [6, 6.07) is 15.7. The summed E-state index contributed by atoms with van der Waals surface area (Å²) in [4.78, 5) is 28.7. The van der Waals surface area contributed by atoms with Crippen molar-refractivity contribution in [3.05, 3.63) is 89.5 Å². The highest BCUT2D eigenvalue weighted by molar-refractivity contribution is 6.08. The first kappa shape index (κ1) is 17.3. The van der Waals surface area contributed by atoms with Crippen LogP contribution in [0.5, 0.6) is 0 Å². The van der Waals surface area contributed by atoms with E-state index in [1.54, 1.807) is 6.07 Å². The lowest BCUT2D eigenvalue weighted by atomic mass is 10.1. The van der Waals surface area contributed by atoms with Crippen molar-refractivity contribution in [1.82, 2.24) is 4.98 Å². The monoisotopic (exact) mass is 349 g/mol. The van der Waals surface area contributed by atoms with E-state index >= 15 is 0 Å². The molecule has 0 unspecified atom stereocenters. The van der Waals surface area contributed by atoms with Crippen LogP contribution in [0, 0.1) is 12.7 Å². The summed E-state index contributed by atoms with van der Waals surface area (Å²) in [5.41, 5.74) is 2.46. The number of hydrogen-bond acceptors (Lipinski definition) is 3. The number of carbonyl (C=O) groups excluding carboxylic acids is 2. The number of aromatic nitrogens is 1. The molecular weight excluding hydrogens is 333 g/mol. The Kier molecular flexibility index (Phi) is 5.03. The summed E-state index contributed by atoms with van der Waals surface area (Å²) in [5.74, 6) is -1.21. The van der Waals surface area contributed by atoms with Crippen molar-refractivity contribution in [2.24, 2.45) is 0 Å². The molecule has 0 radical (unpaired) electrons. The highest BCUT2D eigenvalue weighted by atomic mass is 19.1. The molecule has 0 spiro atoms. The third-order valence-electron chi connectivity index (χ3n) is 3.75. The van der Waals surface area contributed by atoms with Crippen molar-refractivity contribution in [3.8, 4) is 0 Å². The van der Waals surface area contributed by atoms with Crippen molar-refractivity contribution in [3.63, 3.8) is 0 Å². The van der Waals surface area contributed by atoms with Gasteiger partial charge in [-0.05, 0) is 55.0 Å². The predicted molar refractivity (Wildman–Crippen MR) is 97.7 cm³/mol. The van der Waals surface area contributed by atoms with Gasteiger partial charge in [-0.15, -0.1) is 0 Å². The molecular formula is C20H16FN3O2. The van der Waals surface area contributed by atoms with Gasteiger partial charge in [0.25, 0.3) is 11.8 Å². The first-order chi connectivity index (χ1) is 12.5. The van der Waals surface area contributed by atoms with Gasteiger partial charge in [-0.1, -0.05) is 18.2 Å². The van der Waals surface area contributed by atoms with Crippen molar-refractivity contribution in [2.75, 3.05) is 10.6 Å². The first-order valence-corrected chi connectivity index (χ1v) is 7.93. The second-order valence-corrected chi connectivity index (χ2v) is 5.66. The molecule has 5 nitrogen and oxygen atoms in total. The molecule has 6 heteroatoms. The third-order valence-corrected chi connectivity index (χ3v) is 3.75. The van der Waals surface area contributed by atoms with Crippen LogP contribution in [0.1, 0.15) is 26.4 Å². The number of halogens is 1. The Labute approximate surface area is 149 Å². The van der Waals surface area contributed by atoms with E-state index in [4.69, 9.17) is 0 Å². The molecule has 3 aromatic rings. The van der Waals surface area contributed by atoms with Crippen LogP contribution in [0.3, 0.4) is 0 Å². The average molecular weight is 349 g/mol. The molecule has 2 amide bonds. The third kappa shape index (κ3) is 4.10. The number of carbonyl (C=O) groups is 2. The Bertz CT molecular complexity index is 955. The van der Waals surface area contributed by atoms with E-state index in [1.165, 1.54) is 42.6 Å². The minimum absolute atomic E-state index is 0.125. The molecule has 0 aliphatic rings. The lowest BCUT2D eigenvalue weighted by molar-refractivity contribution is 0.102. The van der Waals surface area contributed by atoms with Gasteiger partial charge in [-0.2, -0.15) is 0 Å². The van der Waals surface area contributed by atoms with Gasteiger partial charge < -0.3 is 10.6 Å². The van der Waals surface area contributed by atoms with Crippen LogP contribution in [0.15, 0.2) is 66.9 Å². The smallest absolute Gasteiger partial charge is 0.274 e. The van der Waals surface area contributed by atoms with E-state index in [0.717, 1.165) is 5.56 Å². The summed E-state index contributed by atoms with van der Waals surface area (Å²) in [5, 5.41) is 5.42. The van der Waals surface area contributed by atoms with Crippen LogP contribution in [-0.2, 0) is 0 Å². The molecule has 0 atom stereocenters. The quantitative estimate of drug-likeness (QED) is 0.747. The van der Waals surface area contributed by atoms with Gasteiger partial charge in [-0.3, -0.25) is 14.6 Å². The van der Waals surface area contributed by atoms with Crippen LogP contribution in [0.2, 0.25) is 0 Å². The molecule has 1 aromatic heterocycles. The van der Waals surface area contributed by atoms with Gasteiger partial charge in [0.2, 0.25) is 0 Å². The molecule has 0 saturated carbocycles. The highest BCUT2D eigenvalue weighted by Gasteiger charge is 2.13. The zero-order valence-electron chi connectivity index (χ0n) is 14.0. The van der Waals surface area contributed by atoms with Gasteiger partial charge in [0.15, 0.2) is 0 Å². The molecule has 1 heterocycles. The van der Waals surface area contributed by atoms with E-state index in [-0.39, 0.29) is 17.1 Å². The molecule has 0 aliphatic carbocycles. The standard InChI is InChI=1S/C20H16FN3O2/c1-13-4-2-3-5-17(13)24-20(26)18-12-14(10-11-22-18)19(25)23-16-8-6-15(21)7-9-16/h2-12H,1H3,(H,23,25)(H,24,26). The molecule has 0 bridgehead atoms. The van der Waals surface area contributed by atoms with Crippen molar-refractivity contribution in [2.45, 2.75) is 6.92 Å². The number of aryl methyl sites for hydroxylation is 1. The van der Waals surface area contributed by atoms with Crippen LogP contribution in [0.4, 0.5) is 15.8 Å². The summed E-state index contributed by atoms with van der Waals surface area (Å²) < 4.78 is 12.9. The Morgan fingerprint density at radius 2 is 1.65 bits per heavy atom. The van der Waals surface area contributed by atoms with E-state index in [0.29, 0.717) is 11.4 Å². The van der Waals surface area contributed by atoms with Crippen molar-refractivity contribution >= 4 is 23.2 Å². The summed E-state index contributed by atoms with van der Waals surface area (Å²) in [6.07, 6.45) is 1.40. The fraction of sp³-hybridized carbons (Fsp3) is 0.0500. The van der Waals surface area contributed by atoms with Gasteiger partial charge in [0.05, 0.1) is 0 Å². The van der Waals surface area contributed by atoms with Gasteiger partial charge in [-0.25, -0.2) is 4.39 Å². The number of nitrogens with one attached hydrogen (secondary N) is 2. The fourth-order valence-electron chi connectivity index (χ4n) is 2.33. The fourth-order valence-corrected chi connectivity index (χ4v) is 2.33. The second-order valence-electron chi connectivity index (χ2n) is 5.66. The van der Waals surface area contributed by atoms with Crippen molar-refractivity contribution in [1.29, 1.82) is 0 Å². The molecule has 2 N–H and O–H groups in total.